The summed E-state index contributed by atoms with van der Waals surface area (Å²) in [6, 6.07) is 7.45. The first-order chi connectivity index (χ1) is 14.3. The molecule has 2 aromatic rings. The summed E-state index contributed by atoms with van der Waals surface area (Å²) in [6.45, 7) is 0.588. The number of nitrogens with one attached hydrogen (secondary N) is 1. The Labute approximate surface area is 181 Å². The van der Waals surface area contributed by atoms with Crippen LogP contribution in [-0.2, 0) is 20.0 Å². The Hall–Kier alpha value is -1.66. The molecule has 166 valence electrons. The van der Waals surface area contributed by atoms with Gasteiger partial charge in [0, 0.05) is 25.2 Å². The van der Waals surface area contributed by atoms with Gasteiger partial charge in [0.15, 0.2) is 11.5 Å². The Kier molecular flexibility index (Phi) is 7.40. The number of benzene rings is 1. The van der Waals surface area contributed by atoms with Crippen molar-refractivity contribution < 1.29 is 26.3 Å². The second kappa shape index (κ2) is 9.65. The third-order valence-electron chi connectivity index (χ3n) is 5.07. The zero-order valence-electron chi connectivity index (χ0n) is 16.9. The Morgan fingerprint density at radius 3 is 2.53 bits per heavy atom. The molecule has 8 nitrogen and oxygen atoms in total. The average molecular weight is 475 g/mol. The third-order valence-corrected chi connectivity index (χ3v) is 9.85. The SMILES string of the molecule is COc1ccc(S(=O)(=O)NCCC2CCCCN2S(=O)(=O)c2cccs2)cc1OC. The van der Waals surface area contributed by atoms with Crippen molar-refractivity contribution in [1.29, 1.82) is 0 Å². The van der Waals surface area contributed by atoms with E-state index in [1.807, 2.05) is 0 Å². The van der Waals surface area contributed by atoms with Gasteiger partial charge in [-0.25, -0.2) is 21.6 Å². The maximum atomic E-state index is 12.9. The molecule has 0 aliphatic carbocycles. The first kappa shape index (κ1) is 23.0. The van der Waals surface area contributed by atoms with E-state index in [4.69, 9.17) is 9.47 Å². The fourth-order valence-corrected chi connectivity index (χ4v) is 7.44. The summed E-state index contributed by atoms with van der Waals surface area (Å²) in [5, 5.41) is 1.74. The number of methoxy groups -OCH3 is 2. The van der Waals surface area contributed by atoms with Gasteiger partial charge in [0.1, 0.15) is 4.21 Å². The lowest BCUT2D eigenvalue weighted by Gasteiger charge is -2.34. The number of sulfonamides is 2. The van der Waals surface area contributed by atoms with Gasteiger partial charge < -0.3 is 9.47 Å². The molecule has 1 atom stereocenters. The van der Waals surface area contributed by atoms with Gasteiger partial charge >= 0.3 is 0 Å². The zero-order chi connectivity index (χ0) is 21.8. The number of thiophene rings is 1. The third kappa shape index (κ3) is 4.97. The predicted molar refractivity (Wildman–Crippen MR) is 115 cm³/mol. The molecular weight excluding hydrogens is 448 g/mol. The fraction of sp³-hybridized carbons (Fsp3) is 0.474. The van der Waals surface area contributed by atoms with E-state index >= 15 is 0 Å². The molecule has 30 heavy (non-hydrogen) atoms. The normalized spacial score (nSPS) is 18.3. The van der Waals surface area contributed by atoms with Crippen LogP contribution in [0.3, 0.4) is 0 Å². The molecule has 0 amide bonds. The zero-order valence-corrected chi connectivity index (χ0v) is 19.4. The van der Waals surface area contributed by atoms with Crippen molar-refractivity contribution in [2.75, 3.05) is 27.3 Å². The molecule has 1 aliphatic rings. The summed E-state index contributed by atoms with van der Waals surface area (Å²) in [6.07, 6.45) is 2.84. The quantitative estimate of drug-likeness (QED) is 0.600. The van der Waals surface area contributed by atoms with Crippen LogP contribution in [0.15, 0.2) is 44.8 Å². The molecule has 1 aromatic carbocycles. The van der Waals surface area contributed by atoms with Crippen LogP contribution in [-0.4, -0.2) is 54.5 Å². The molecule has 1 aliphatic heterocycles. The van der Waals surface area contributed by atoms with Gasteiger partial charge in [-0.1, -0.05) is 12.5 Å². The van der Waals surface area contributed by atoms with Gasteiger partial charge in [0.05, 0.1) is 19.1 Å². The first-order valence-corrected chi connectivity index (χ1v) is 13.4. The summed E-state index contributed by atoms with van der Waals surface area (Å²) in [4.78, 5) is 0.0619. The molecule has 1 unspecified atom stereocenters. The molecule has 1 aromatic heterocycles. The second-order valence-corrected chi connectivity index (χ2v) is 11.7. The second-order valence-electron chi connectivity index (χ2n) is 6.90. The van der Waals surface area contributed by atoms with Crippen molar-refractivity contribution in [2.24, 2.45) is 0 Å². The Morgan fingerprint density at radius 2 is 1.87 bits per heavy atom. The van der Waals surface area contributed by atoms with E-state index in [9.17, 15) is 16.8 Å². The molecule has 3 rings (SSSR count). The minimum absolute atomic E-state index is 0.0619. The number of rotatable bonds is 9. The Bertz CT molecular complexity index is 1050. The van der Waals surface area contributed by atoms with E-state index in [0.29, 0.717) is 35.1 Å². The van der Waals surface area contributed by atoms with Crippen LogP contribution < -0.4 is 14.2 Å². The van der Waals surface area contributed by atoms with E-state index in [0.717, 1.165) is 12.8 Å². The van der Waals surface area contributed by atoms with E-state index in [-0.39, 0.29) is 17.5 Å². The van der Waals surface area contributed by atoms with Crippen molar-refractivity contribution in [2.45, 2.75) is 40.8 Å². The van der Waals surface area contributed by atoms with Crippen molar-refractivity contribution in [3.63, 3.8) is 0 Å². The standard InChI is InChI=1S/C19H26N2O6S3/c1-26-17-9-8-16(14-18(17)27-2)29(22,23)20-11-10-15-6-3-4-12-21(15)30(24,25)19-7-5-13-28-19/h5,7-9,13-15,20H,3-4,6,10-12H2,1-2H3. The first-order valence-electron chi connectivity index (χ1n) is 9.56. The van der Waals surface area contributed by atoms with Crippen molar-refractivity contribution >= 4 is 31.4 Å². The van der Waals surface area contributed by atoms with E-state index in [2.05, 4.69) is 4.72 Å². The number of piperidine rings is 1. The van der Waals surface area contributed by atoms with Crippen LogP contribution in [0.2, 0.25) is 0 Å². The number of hydrogen-bond acceptors (Lipinski definition) is 7. The summed E-state index contributed by atoms with van der Waals surface area (Å²) < 4.78 is 65.9. The monoisotopic (exact) mass is 474 g/mol. The lowest BCUT2D eigenvalue weighted by Crippen LogP contribution is -2.44. The average Bonchev–Trinajstić information content (AvgIpc) is 3.29. The van der Waals surface area contributed by atoms with E-state index in [1.165, 1.54) is 48.1 Å². The predicted octanol–water partition coefficient (Wildman–Crippen LogP) is 2.68. The highest BCUT2D eigenvalue weighted by Gasteiger charge is 2.34. The van der Waals surface area contributed by atoms with Crippen molar-refractivity contribution in [3.05, 3.63) is 35.7 Å². The maximum absolute atomic E-state index is 12.9. The fourth-order valence-electron chi connectivity index (χ4n) is 3.53. The molecule has 1 fully saturated rings. The van der Waals surface area contributed by atoms with Gasteiger partial charge in [-0.2, -0.15) is 4.31 Å². The molecule has 11 heteroatoms. The maximum Gasteiger partial charge on any atom is 0.252 e. The Balaban J connectivity index is 1.68. The van der Waals surface area contributed by atoms with Crippen LogP contribution >= 0.6 is 11.3 Å². The van der Waals surface area contributed by atoms with E-state index in [1.54, 1.807) is 17.5 Å². The molecule has 0 saturated carbocycles. The topological polar surface area (TPSA) is 102 Å². The molecule has 0 spiro atoms. The summed E-state index contributed by atoms with van der Waals surface area (Å²) in [5.74, 6) is 0.758. The molecule has 2 heterocycles. The van der Waals surface area contributed by atoms with Crippen LogP contribution in [0.25, 0.3) is 0 Å². The smallest absolute Gasteiger partial charge is 0.252 e. The minimum Gasteiger partial charge on any atom is -0.493 e. The van der Waals surface area contributed by atoms with Gasteiger partial charge in [-0.3, -0.25) is 0 Å². The highest BCUT2D eigenvalue weighted by atomic mass is 32.2. The highest BCUT2D eigenvalue weighted by Crippen LogP contribution is 2.30. The molecule has 0 bridgehead atoms. The number of hydrogen-bond donors (Lipinski definition) is 1. The minimum atomic E-state index is -3.77. The number of ether oxygens (including phenoxy) is 2. The van der Waals surface area contributed by atoms with Crippen LogP contribution in [0.5, 0.6) is 11.5 Å². The Morgan fingerprint density at radius 1 is 1.10 bits per heavy atom. The molecule has 1 N–H and O–H groups in total. The summed E-state index contributed by atoms with van der Waals surface area (Å²) >= 11 is 1.19. The highest BCUT2D eigenvalue weighted by molar-refractivity contribution is 7.91. The van der Waals surface area contributed by atoms with Crippen LogP contribution in [0.4, 0.5) is 0 Å². The largest absolute Gasteiger partial charge is 0.493 e. The van der Waals surface area contributed by atoms with Gasteiger partial charge in [-0.05, 0) is 42.8 Å². The van der Waals surface area contributed by atoms with Crippen molar-refractivity contribution in [3.8, 4) is 11.5 Å². The van der Waals surface area contributed by atoms with Crippen molar-refractivity contribution in [1.82, 2.24) is 9.03 Å². The molecule has 1 saturated heterocycles. The van der Waals surface area contributed by atoms with E-state index < -0.39 is 20.0 Å². The molecule has 0 radical (unpaired) electrons. The van der Waals surface area contributed by atoms with Crippen LogP contribution in [0, 0.1) is 0 Å². The number of nitrogens with zero attached hydrogens (tertiary/aromatic N) is 1. The molecular formula is C19H26N2O6S3. The van der Waals surface area contributed by atoms with Gasteiger partial charge in [-0.15, -0.1) is 11.3 Å². The van der Waals surface area contributed by atoms with Crippen LogP contribution in [0.1, 0.15) is 25.7 Å². The lowest BCUT2D eigenvalue weighted by atomic mass is 10.0. The lowest BCUT2D eigenvalue weighted by molar-refractivity contribution is 0.242. The van der Waals surface area contributed by atoms with Gasteiger partial charge in [0.2, 0.25) is 10.0 Å². The van der Waals surface area contributed by atoms with Gasteiger partial charge in [0.25, 0.3) is 10.0 Å². The summed E-state index contributed by atoms with van der Waals surface area (Å²) in [7, 11) is -4.41. The summed E-state index contributed by atoms with van der Waals surface area (Å²) in [5.41, 5.74) is 0.